The zero-order chi connectivity index (χ0) is 29.2. The van der Waals surface area contributed by atoms with Crippen LogP contribution in [0.3, 0.4) is 0 Å². The quantitative estimate of drug-likeness (QED) is 0.272. The molecule has 0 amide bonds. The molecule has 7 saturated carbocycles. The first-order chi connectivity index (χ1) is 21.1. The highest BCUT2D eigenvalue weighted by Crippen LogP contribution is 2.65. The molecule has 0 aromatic rings. The van der Waals surface area contributed by atoms with E-state index in [1.807, 2.05) is 11.1 Å². The molecule has 242 valence electrons. The highest BCUT2D eigenvalue weighted by atomic mass is 14.6. The monoisotopic (exact) mass is 587 g/mol. The van der Waals surface area contributed by atoms with E-state index in [0.717, 1.165) is 59.2 Å². The van der Waals surface area contributed by atoms with Crippen molar-refractivity contribution in [2.24, 2.45) is 64.6 Å². The summed E-state index contributed by atoms with van der Waals surface area (Å²) in [4.78, 5) is 0. The van der Waals surface area contributed by atoms with E-state index in [0.29, 0.717) is 5.41 Å². The first kappa shape index (κ1) is 31.1. The molecule has 6 unspecified atom stereocenters. The van der Waals surface area contributed by atoms with Gasteiger partial charge in [-0.25, -0.2) is 0 Å². The summed E-state index contributed by atoms with van der Waals surface area (Å²) >= 11 is 0. The molecule has 0 aromatic heterocycles. The van der Waals surface area contributed by atoms with Gasteiger partial charge in [0.2, 0.25) is 0 Å². The third-order valence-electron chi connectivity index (χ3n) is 15.5. The van der Waals surface area contributed by atoms with Gasteiger partial charge >= 0.3 is 0 Å². The molecule has 7 fully saturated rings. The lowest BCUT2D eigenvalue weighted by molar-refractivity contribution is 0.104. The van der Waals surface area contributed by atoms with E-state index in [1.54, 1.807) is 12.8 Å². The maximum absolute atomic E-state index is 2.99. The van der Waals surface area contributed by atoms with Crippen LogP contribution in [0.25, 0.3) is 0 Å². The van der Waals surface area contributed by atoms with Crippen LogP contribution >= 0.6 is 0 Å². The van der Waals surface area contributed by atoms with Gasteiger partial charge in [0, 0.05) is 0 Å². The summed E-state index contributed by atoms with van der Waals surface area (Å²) in [5, 5.41) is 0. The van der Waals surface area contributed by atoms with Crippen LogP contribution in [0.5, 0.6) is 0 Å². The topological polar surface area (TPSA) is 0 Å². The van der Waals surface area contributed by atoms with Gasteiger partial charge in [0.05, 0.1) is 0 Å². The third kappa shape index (κ3) is 6.80. The molecule has 7 rings (SSSR count). The predicted octanol–water partition coefficient (Wildman–Crippen LogP) is 13.3. The zero-order valence-corrected chi connectivity index (χ0v) is 28.8. The molecule has 0 radical (unpaired) electrons. The summed E-state index contributed by atoms with van der Waals surface area (Å²) in [7, 11) is 0. The van der Waals surface area contributed by atoms with Crippen LogP contribution in [0.2, 0.25) is 0 Å². The Morgan fingerprint density at radius 1 is 0.395 bits per heavy atom. The molecule has 0 spiro atoms. The molecule has 6 atom stereocenters. The second-order valence-electron chi connectivity index (χ2n) is 18.2. The normalized spacial score (nSPS) is 38.2. The van der Waals surface area contributed by atoms with E-state index in [1.165, 1.54) is 154 Å². The Bertz CT molecular complexity index is 825. The van der Waals surface area contributed by atoms with Gasteiger partial charge in [-0.15, -0.1) is 0 Å². The fraction of sp³-hybridized carbons (Fsp3) is 0.907. The molecule has 43 heavy (non-hydrogen) atoms. The summed E-state index contributed by atoms with van der Waals surface area (Å²) in [5.74, 6) is 9.61. The van der Waals surface area contributed by atoms with Gasteiger partial charge in [0.15, 0.2) is 0 Å². The Labute approximate surface area is 268 Å². The minimum absolute atomic E-state index is 0.542. The molecule has 7 aliphatic carbocycles. The van der Waals surface area contributed by atoms with Crippen molar-refractivity contribution in [2.45, 2.75) is 181 Å². The van der Waals surface area contributed by atoms with E-state index < -0.39 is 0 Å². The van der Waals surface area contributed by atoms with Crippen molar-refractivity contribution < 1.29 is 0 Å². The van der Waals surface area contributed by atoms with Crippen LogP contribution in [0.15, 0.2) is 23.3 Å². The van der Waals surface area contributed by atoms with Crippen LogP contribution in [0, 0.1) is 64.6 Å². The van der Waals surface area contributed by atoms with Crippen LogP contribution in [0.4, 0.5) is 0 Å². The Hall–Kier alpha value is -0.520. The number of rotatable bonds is 6. The first-order valence-corrected chi connectivity index (χ1v) is 20.5. The van der Waals surface area contributed by atoms with Gasteiger partial charge in [-0.3, -0.25) is 0 Å². The molecule has 0 bridgehead atoms. The zero-order valence-electron chi connectivity index (χ0n) is 28.8. The molecular weight excluding hydrogens is 516 g/mol. The lowest BCUT2D eigenvalue weighted by Gasteiger charge is -2.41. The number of hydrogen-bond donors (Lipinski definition) is 0. The molecule has 0 N–H and O–H groups in total. The van der Waals surface area contributed by atoms with Crippen molar-refractivity contribution in [3.8, 4) is 0 Å². The lowest BCUT2D eigenvalue weighted by Crippen LogP contribution is -2.32. The van der Waals surface area contributed by atoms with Crippen molar-refractivity contribution in [1.29, 1.82) is 0 Å². The van der Waals surface area contributed by atoms with Gasteiger partial charge in [0.1, 0.15) is 0 Å². The summed E-state index contributed by atoms with van der Waals surface area (Å²) < 4.78 is 0. The lowest BCUT2D eigenvalue weighted by atomic mass is 9.64. The summed E-state index contributed by atoms with van der Waals surface area (Å²) in [6.07, 6.45) is 45.2. The molecule has 7 aliphatic rings. The van der Waals surface area contributed by atoms with E-state index in [-0.39, 0.29) is 0 Å². The maximum atomic E-state index is 2.99. The van der Waals surface area contributed by atoms with Crippen molar-refractivity contribution >= 4 is 0 Å². The fourth-order valence-electron chi connectivity index (χ4n) is 13.3. The minimum atomic E-state index is 0.542. The standard InChI is InChI=1S/C43H70/c1-43(2)41-29-31(27-39(33-15-7-3-8-16-33)34-17-9-4-10-18-34)23-25-37(41)38-26-24-32(30-42(38)43)28-40(35-19-11-5-12-20-35)36-21-13-6-14-22-36/h27-28,31-38,41-42H,3-26,29-30H2,1-2H3. The molecule has 0 aromatic carbocycles. The molecule has 0 nitrogen and oxygen atoms in total. The van der Waals surface area contributed by atoms with Gasteiger partial charge < -0.3 is 0 Å². The van der Waals surface area contributed by atoms with Crippen molar-refractivity contribution in [1.82, 2.24) is 0 Å². The first-order valence-electron chi connectivity index (χ1n) is 20.5. The third-order valence-corrected chi connectivity index (χ3v) is 15.5. The van der Waals surface area contributed by atoms with Gasteiger partial charge in [-0.2, -0.15) is 0 Å². The van der Waals surface area contributed by atoms with Crippen molar-refractivity contribution in [3.63, 3.8) is 0 Å². The average Bonchev–Trinajstić information content (AvgIpc) is 3.29. The van der Waals surface area contributed by atoms with E-state index in [4.69, 9.17) is 0 Å². The summed E-state index contributed by atoms with van der Waals surface area (Å²) in [6.45, 7) is 5.53. The van der Waals surface area contributed by atoms with Gasteiger partial charge in [-0.05, 0) is 154 Å². The maximum Gasteiger partial charge on any atom is -0.0200 e. The largest absolute Gasteiger partial charge is 0.0816 e. The number of hydrogen-bond acceptors (Lipinski definition) is 0. The highest BCUT2D eigenvalue weighted by molar-refractivity contribution is 5.19. The van der Waals surface area contributed by atoms with Gasteiger partial charge in [0.25, 0.3) is 0 Å². The van der Waals surface area contributed by atoms with Crippen LogP contribution in [-0.2, 0) is 0 Å². The van der Waals surface area contributed by atoms with Crippen LogP contribution < -0.4 is 0 Å². The van der Waals surface area contributed by atoms with Crippen molar-refractivity contribution in [3.05, 3.63) is 23.3 Å². The average molecular weight is 587 g/mol. The highest BCUT2D eigenvalue weighted by Gasteiger charge is 2.57. The number of fused-ring (bicyclic) bond motifs is 3. The fourth-order valence-corrected chi connectivity index (χ4v) is 13.3. The second kappa shape index (κ2) is 14.1. The Kier molecular flexibility index (Phi) is 10.2. The van der Waals surface area contributed by atoms with Crippen LogP contribution in [-0.4, -0.2) is 0 Å². The minimum Gasteiger partial charge on any atom is -0.0816 e. The molecule has 0 heteroatoms. The molecule has 0 saturated heterocycles. The van der Waals surface area contributed by atoms with E-state index in [9.17, 15) is 0 Å². The molecular formula is C43H70. The second-order valence-corrected chi connectivity index (χ2v) is 18.2. The van der Waals surface area contributed by atoms with E-state index in [2.05, 4.69) is 26.0 Å². The summed E-state index contributed by atoms with van der Waals surface area (Å²) in [5.41, 5.74) is 4.54. The summed E-state index contributed by atoms with van der Waals surface area (Å²) in [6, 6.07) is 0. The smallest absolute Gasteiger partial charge is 0.0200 e. The number of allylic oxidation sites excluding steroid dienone is 4. The van der Waals surface area contributed by atoms with Gasteiger partial charge in [-0.1, -0.05) is 114 Å². The Balaban J connectivity index is 1.07. The SMILES string of the molecule is CC1(C)C2CC(C=C(C3CCCCC3)C3CCCCC3)CCC2C2CCC(C=C(C3CCCCC3)C3CCCCC3)CC21. The molecule has 0 aliphatic heterocycles. The van der Waals surface area contributed by atoms with Crippen LogP contribution in [0.1, 0.15) is 181 Å². The van der Waals surface area contributed by atoms with E-state index >= 15 is 0 Å². The Morgan fingerprint density at radius 3 is 1.00 bits per heavy atom. The Morgan fingerprint density at radius 2 is 0.698 bits per heavy atom. The molecule has 0 heterocycles. The van der Waals surface area contributed by atoms with Crippen molar-refractivity contribution in [2.75, 3.05) is 0 Å². The predicted molar refractivity (Wildman–Crippen MR) is 185 cm³/mol.